The van der Waals surface area contributed by atoms with E-state index in [2.05, 4.69) is 30.8 Å². The fourth-order valence-electron chi connectivity index (χ4n) is 4.57. The lowest BCUT2D eigenvalue weighted by atomic mass is 9.69. The summed E-state index contributed by atoms with van der Waals surface area (Å²) in [6.45, 7) is 6.91. The third-order valence-electron chi connectivity index (χ3n) is 6.79. The minimum absolute atomic E-state index is 0.127. The van der Waals surface area contributed by atoms with Crippen LogP contribution in [0.5, 0.6) is 0 Å². The van der Waals surface area contributed by atoms with Crippen LogP contribution in [0.2, 0.25) is 0 Å². The fraction of sp³-hybridized carbons (Fsp3) is 0.611. The molecule has 0 radical (unpaired) electrons. The highest BCUT2D eigenvalue weighted by Crippen LogP contribution is 2.65. The van der Waals surface area contributed by atoms with Crippen molar-refractivity contribution in [1.82, 2.24) is 10.0 Å². The molecule has 3 atom stereocenters. The Bertz CT molecular complexity index is 755. The van der Waals surface area contributed by atoms with Gasteiger partial charge in [-0.3, -0.25) is 4.79 Å². The van der Waals surface area contributed by atoms with E-state index in [1.54, 1.807) is 12.1 Å². The van der Waals surface area contributed by atoms with E-state index in [0.717, 1.165) is 12.8 Å². The van der Waals surface area contributed by atoms with Gasteiger partial charge in [-0.1, -0.05) is 20.8 Å². The average Bonchev–Trinajstić information content (AvgIpc) is 2.88. The smallest absolute Gasteiger partial charge is 0.251 e. The number of hydrogen-bond acceptors (Lipinski definition) is 3. The van der Waals surface area contributed by atoms with E-state index in [9.17, 15) is 13.2 Å². The van der Waals surface area contributed by atoms with Crippen molar-refractivity contribution in [2.75, 3.05) is 7.05 Å². The highest BCUT2D eigenvalue weighted by atomic mass is 32.2. The lowest BCUT2D eigenvalue weighted by Crippen LogP contribution is -2.46. The maximum atomic E-state index is 12.6. The van der Waals surface area contributed by atoms with Crippen LogP contribution in [0, 0.1) is 16.7 Å². The second kappa shape index (κ2) is 5.56. The number of fused-ring (bicyclic) bond motifs is 2. The van der Waals surface area contributed by atoms with Gasteiger partial charge in [-0.15, -0.1) is 0 Å². The van der Waals surface area contributed by atoms with E-state index in [4.69, 9.17) is 0 Å². The van der Waals surface area contributed by atoms with Crippen molar-refractivity contribution in [3.05, 3.63) is 29.8 Å². The van der Waals surface area contributed by atoms with Crippen LogP contribution in [0.3, 0.4) is 0 Å². The molecule has 0 spiro atoms. The van der Waals surface area contributed by atoms with Crippen molar-refractivity contribution in [2.45, 2.75) is 51.0 Å². The van der Waals surface area contributed by atoms with Crippen LogP contribution in [0.4, 0.5) is 0 Å². The molecule has 5 nitrogen and oxygen atoms in total. The summed E-state index contributed by atoms with van der Waals surface area (Å²) in [7, 11) is -2.11. The number of nitrogens with one attached hydrogen (secondary N) is 2. The summed E-state index contributed by atoms with van der Waals surface area (Å²) in [4.78, 5) is 12.7. The Balaban J connectivity index is 1.75. The monoisotopic (exact) mass is 350 g/mol. The molecule has 1 aromatic carbocycles. The number of hydrogen-bond donors (Lipinski definition) is 2. The van der Waals surface area contributed by atoms with Crippen molar-refractivity contribution in [2.24, 2.45) is 16.7 Å². The summed E-state index contributed by atoms with van der Waals surface area (Å²) >= 11 is 0. The minimum atomic E-state index is -3.48. The molecule has 2 saturated carbocycles. The number of carbonyl (C=O) groups excluding carboxylic acids is 1. The maximum absolute atomic E-state index is 12.6. The standard InChI is InChI=1S/C18H26N2O3S/c1-17(2)13-9-10-18(17,3)15(11-13)20-16(21)12-5-7-14(8-6-12)24(22,23)19-4/h5-8,13,15,19H,9-11H2,1-4H3,(H,20,21). The van der Waals surface area contributed by atoms with E-state index >= 15 is 0 Å². The quantitative estimate of drug-likeness (QED) is 0.876. The molecule has 2 aliphatic carbocycles. The molecule has 132 valence electrons. The molecule has 2 N–H and O–H groups in total. The van der Waals surface area contributed by atoms with Crippen molar-refractivity contribution in [3.8, 4) is 0 Å². The molecule has 3 rings (SSSR count). The van der Waals surface area contributed by atoms with Crippen LogP contribution < -0.4 is 10.0 Å². The molecule has 0 aliphatic heterocycles. The van der Waals surface area contributed by atoms with Crippen LogP contribution in [0.1, 0.15) is 50.4 Å². The number of amides is 1. The molecule has 0 heterocycles. The largest absolute Gasteiger partial charge is 0.349 e. The van der Waals surface area contributed by atoms with Gasteiger partial charge in [0, 0.05) is 11.6 Å². The Kier molecular flexibility index (Phi) is 4.04. The Hall–Kier alpha value is -1.40. The van der Waals surface area contributed by atoms with Gasteiger partial charge in [0.2, 0.25) is 10.0 Å². The topological polar surface area (TPSA) is 75.3 Å². The Morgan fingerprint density at radius 2 is 1.79 bits per heavy atom. The lowest BCUT2D eigenvalue weighted by molar-refractivity contribution is 0.0826. The summed E-state index contributed by atoms with van der Waals surface area (Å²) in [5.41, 5.74) is 0.868. The van der Waals surface area contributed by atoms with Gasteiger partial charge in [0.1, 0.15) is 0 Å². The molecule has 6 heteroatoms. The summed E-state index contributed by atoms with van der Waals surface area (Å²) < 4.78 is 25.8. The van der Waals surface area contributed by atoms with Gasteiger partial charge in [0.25, 0.3) is 5.91 Å². The molecular formula is C18H26N2O3S. The van der Waals surface area contributed by atoms with E-state index in [1.165, 1.54) is 25.6 Å². The number of carbonyl (C=O) groups is 1. The summed E-state index contributed by atoms with van der Waals surface area (Å²) in [5.74, 6) is 0.536. The van der Waals surface area contributed by atoms with Crippen LogP contribution in [0.15, 0.2) is 29.2 Å². The minimum Gasteiger partial charge on any atom is -0.349 e. The van der Waals surface area contributed by atoms with Gasteiger partial charge < -0.3 is 5.32 Å². The lowest BCUT2D eigenvalue weighted by Gasteiger charge is -2.39. The SMILES string of the molecule is CNS(=O)(=O)c1ccc(C(=O)NC2CC3CCC2(C)C3(C)C)cc1. The normalized spacial score (nSPS) is 31.2. The van der Waals surface area contributed by atoms with Crippen molar-refractivity contribution < 1.29 is 13.2 Å². The molecule has 24 heavy (non-hydrogen) atoms. The van der Waals surface area contributed by atoms with Gasteiger partial charge in [-0.2, -0.15) is 0 Å². The van der Waals surface area contributed by atoms with Gasteiger partial charge in [0.05, 0.1) is 4.90 Å². The second-order valence-electron chi connectivity index (χ2n) is 7.87. The van der Waals surface area contributed by atoms with Gasteiger partial charge >= 0.3 is 0 Å². The van der Waals surface area contributed by atoms with Crippen molar-refractivity contribution in [1.29, 1.82) is 0 Å². The van der Waals surface area contributed by atoms with Crippen LogP contribution in [0.25, 0.3) is 0 Å². The fourth-order valence-corrected chi connectivity index (χ4v) is 5.30. The Labute approximate surface area is 144 Å². The predicted octanol–water partition coefficient (Wildman–Crippen LogP) is 2.54. The number of rotatable bonds is 4. The molecule has 2 bridgehead atoms. The van der Waals surface area contributed by atoms with Crippen LogP contribution >= 0.6 is 0 Å². The average molecular weight is 350 g/mol. The first-order valence-corrected chi connectivity index (χ1v) is 9.94. The van der Waals surface area contributed by atoms with Gasteiger partial charge in [-0.05, 0) is 67.3 Å². The predicted molar refractivity (Wildman–Crippen MR) is 93.2 cm³/mol. The van der Waals surface area contributed by atoms with E-state index in [-0.39, 0.29) is 27.7 Å². The van der Waals surface area contributed by atoms with Crippen molar-refractivity contribution >= 4 is 15.9 Å². The summed E-state index contributed by atoms with van der Waals surface area (Å²) in [5, 5.41) is 3.19. The molecule has 1 aromatic rings. The molecule has 0 saturated heterocycles. The number of sulfonamides is 1. The van der Waals surface area contributed by atoms with Crippen molar-refractivity contribution in [3.63, 3.8) is 0 Å². The van der Waals surface area contributed by atoms with Gasteiger partial charge in [-0.25, -0.2) is 13.1 Å². The molecule has 1 amide bonds. The molecule has 3 unspecified atom stereocenters. The molecule has 0 aromatic heterocycles. The highest BCUT2D eigenvalue weighted by Gasteiger charge is 2.61. The van der Waals surface area contributed by atoms with E-state index in [1.807, 2.05) is 0 Å². The second-order valence-corrected chi connectivity index (χ2v) is 9.75. The third-order valence-corrected chi connectivity index (χ3v) is 8.23. The summed E-state index contributed by atoms with van der Waals surface area (Å²) in [6, 6.07) is 6.25. The zero-order valence-corrected chi connectivity index (χ0v) is 15.5. The molecule has 2 fully saturated rings. The zero-order valence-electron chi connectivity index (χ0n) is 14.7. The van der Waals surface area contributed by atoms with E-state index in [0.29, 0.717) is 11.5 Å². The highest BCUT2D eigenvalue weighted by molar-refractivity contribution is 7.89. The Morgan fingerprint density at radius 3 is 2.25 bits per heavy atom. The first-order chi connectivity index (χ1) is 11.1. The van der Waals surface area contributed by atoms with Gasteiger partial charge in [0.15, 0.2) is 0 Å². The molecular weight excluding hydrogens is 324 g/mol. The summed E-state index contributed by atoms with van der Waals surface area (Å²) in [6.07, 6.45) is 3.42. The number of benzene rings is 1. The maximum Gasteiger partial charge on any atom is 0.251 e. The zero-order chi connectivity index (χ0) is 17.8. The van der Waals surface area contributed by atoms with E-state index < -0.39 is 10.0 Å². The first-order valence-electron chi connectivity index (χ1n) is 8.46. The van der Waals surface area contributed by atoms with Crippen LogP contribution in [-0.2, 0) is 10.0 Å². The van der Waals surface area contributed by atoms with Crippen LogP contribution in [-0.4, -0.2) is 27.4 Å². The molecule has 2 aliphatic rings. The first kappa shape index (κ1) is 17.4. The Morgan fingerprint density at radius 1 is 1.17 bits per heavy atom. The third kappa shape index (κ3) is 2.47.